The summed E-state index contributed by atoms with van der Waals surface area (Å²) in [4.78, 5) is 25.2. The average molecular weight is 458 g/mol. The molecule has 1 amide bonds. The Morgan fingerprint density at radius 1 is 1.09 bits per heavy atom. The van der Waals surface area contributed by atoms with Gasteiger partial charge in [-0.2, -0.15) is 0 Å². The molecule has 0 spiro atoms. The number of nitro benzene ring substituents is 1. The van der Waals surface area contributed by atoms with Crippen molar-refractivity contribution in [2.24, 2.45) is 0 Å². The third-order valence-corrected chi connectivity index (χ3v) is 5.06. The maximum atomic E-state index is 11.9. The second-order valence-electron chi connectivity index (χ2n) is 8.99. The van der Waals surface area contributed by atoms with Crippen LogP contribution in [0.4, 0.5) is 16.2 Å². The molecule has 0 bridgehead atoms. The third kappa shape index (κ3) is 8.63. The van der Waals surface area contributed by atoms with Crippen LogP contribution in [-0.4, -0.2) is 37.3 Å². The van der Waals surface area contributed by atoms with Crippen LogP contribution in [0.25, 0.3) is 0 Å². The first-order valence-corrected chi connectivity index (χ1v) is 11.2. The van der Waals surface area contributed by atoms with Gasteiger partial charge in [-0.15, -0.1) is 0 Å². The van der Waals surface area contributed by atoms with E-state index in [-0.39, 0.29) is 10.6 Å². The molecule has 0 aliphatic rings. The molecule has 33 heavy (non-hydrogen) atoms. The summed E-state index contributed by atoms with van der Waals surface area (Å²) in [5, 5.41) is 14.6. The van der Waals surface area contributed by atoms with Crippen LogP contribution >= 0.6 is 0 Å². The molecule has 0 heterocycles. The number of nitro groups is 1. The van der Waals surface area contributed by atoms with Gasteiger partial charge in [-0.05, 0) is 63.8 Å². The Morgan fingerprint density at radius 2 is 1.79 bits per heavy atom. The van der Waals surface area contributed by atoms with E-state index in [1.54, 1.807) is 13.2 Å². The van der Waals surface area contributed by atoms with Gasteiger partial charge in [0.25, 0.3) is 5.69 Å². The molecule has 0 atom stereocenters. The van der Waals surface area contributed by atoms with Crippen LogP contribution in [-0.2, 0) is 17.7 Å². The standard InChI is InChI=1S/C25H35N3O5/c1-25(2,3)33-24(29)26-17-8-6-7-10-20-11-9-12-22(23(20)28(30)31)27(4)18-19-13-15-21(32-5)16-14-19/h9,11-16H,6-8,10,17-18H2,1-5H3,(H,26,29). The lowest BCUT2D eigenvalue weighted by Gasteiger charge is -2.20. The summed E-state index contributed by atoms with van der Waals surface area (Å²) in [5.41, 5.74) is 1.99. The van der Waals surface area contributed by atoms with Gasteiger partial charge in [0.2, 0.25) is 0 Å². The predicted molar refractivity (Wildman–Crippen MR) is 130 cm³/mol. The van der Waals surface area contributed by atoms with E-state index in [0.717, 1.165) is 36.1 Å². The van der Waals surface area contributed by atoms with Crippen LogP contribution in [0.1, 0.15) is 51.2 Å². The van der Waals surface area contributed by atoms with E-state index in [1.165, 1.54) is 0 Å². The zero-order valence-corrected chi connectivity index (χ0v) is 20.2. The number of alkyl carbamates (subject to hydrolysis) is 1. The lowest BCUT2D eigenvalue weighted by atomic mass is 10.0. The number of anilines is 1. The number of nitrogens with one attached hydrogen (secondary N) is 1. The van der Waals surface area contributed by atoms with E-state index in [0.29, 0.717) is 25.2 Å². The van der Waals surface area contributed by atoms with Crippen molar-refractivity contribution in [1.29, 1.82) is 0 Å². The number of methoxy groups -OCH3 is 1. The Labute approximate surface area is 196 Å². The first kappa shape index (κ1) is 26.0. The summed E-state index contributed by atoms with van der Waals surface area (Å²) in [6.45, 7) is 6.53. The smallest absolute Gasteiger partial charge is 0.407 e. The van der Waals surface area contributed by atoms with E-state index in [1.807, 2.05) is 69.1 Å². The monoisotopic (exact) mass is 457 g/mol. The minimum atomic E-state index is -0.519. The van der Waals surface area contributed by atoms with Crippen LogP contribution in [0.2, 0.25) is 0 Å². The molecular weight excluding hydrogens is 422 g/mol. The summed E-state index contributed by atoms with van der Waals surface area (Å²) < 4.78 is 10.4. The molecule has 0 saturated heterocycles. The molecular formula is C25H35N3O5. The van der Waals surface area contributed by atoms with E-state index in [4.69, 9.17) is 9.47 Å². The minimum Gasteiger partial charge on any atom is -0.497 e. The van der Waals surface area contributed by atoms with Crippen LogP contribution < -0.4 is 15.0 Å². The number of carbonyl (C=O) groups excluding carboxylic acids is 1. The van der Waals surface area contributed by atoms with Gasteiger partial charge < -0.3 is 19.7 Å². The highest BCUT2D eigenvalue weighted by Crippen LogP contribution is 2.33. The van der Waals surface area contributed by atoms with Crippen LogP contribution in [0.3, 0.4) is 0 Å². The number of hydrogen-bond acceptors (Lipinski definition) is 6. The predicted octanol–water partition coefficient (Wildman–Crippen LogP) is 5.48. The number of carbonyl (C=O) groups is 1. The molecule has 2 aromatic rings. The Morgan fingerprint density at radius 3 is 2.39 bits per heavy atom. The summed E-state index contributed by atoms with van der Waals surface area (Å²) >= 11 is 0. The van der Waals surface area contributed by atoms with Gasteiger partial charge in [0.1, 0.15) is 17.0 Å². The molecule has 2 rings (SSSR count). The zero-order valence-electron chi connectivity index (χ0n) is 20.2. The van der Waals surface area contributed by atoms with Gasteiger partial charge in [-0.25, -0.2) is 4.79 Å². The lowest BCUT2D eigenvalue weighted by molar-refractivity contribution is -0.384. The summed E-state index contributed by atoms with van der Waals surface area (Å²) in [5.74, 6) is 0.774. The fraction of sp³-hybridized carbons (Fsp3) is 0.480. The fourth-order valence-corrected chi connectivity index (χ4v) is 3.51. The van der Waals surface area contributed by atoms with Gasteiger partial charge in [0.15, 0.2) is 0 Å². The van der Waals surface area contributed by atoms with E-state index in [9.17, 15) is 14.9 Å². The first-order chi connectivity index (χ1) is 15.6. The Kier molecular flexibility index (Phi) is 9.51. The summed E-state index contributed by atoms with van der Waals surface area (Å²) in [7, 11) is 3.48. The number of para-hydroxylation sites is 1. The van der Waals surface area contributed by atoms with Crippen LogP contribution in [0, 0.1) is 10.1 Å². The van der Waals surface area contributed by atoms with Gasteiger partial charge in [-0.3, -0.25) is 10.1 Å². The Bertz CT molecular complexity index is 923. The number of ether oxygens (including phenoxy) is 2. The van der Waals surface area contributed by atoms with Crippen molar-refractivity contribution in [2.75, 3.05) is 25.6 Å². The maximum absolute atomic E-state index is 11.9. The zero-order chi connectivity index (χ0) is 24.4. The highest BCUT2D eigenvalue weighted by molar-refractivity contribution is 5.67. The maximum Gasteiger partial charge on any atom is 0.407 e. The number of benzene rings is 2. The number of rotatable bonds is 11. The first-order valence-electron chi connectivity index (χ1n) is 11.2. The van der Waals surface area contributed by atoms with E-state index < -0.39 is 11.7 Å². The third-order valence-electron chi connectivity index (χ3n) is 5.06. The SMILES string of the molecule is COc1ccc(CN(C)c2cccc(CCCCCNC(=O)OC(C)(C)C)c2[N+](=O)[O-])cc1. The van der Waals surface area contributed by atoms with E-state index >= 15 is 0 Å². The molecule has 0 fully saturated rings. The van der Waals surface area contributed by atoms with Gasteiger partial charge in [0, 0.05) is 25.7 Å². The van der Waals surface area contributed by atoms with Crippen molar-refractivity contribution in [3.8, 4) is 5.75 Å². The molecule has 1 N–H and O–H groups in total. The van der Waals surface area contributed by atoms with Crippen molar-refractivity contribution in [2.45, 2.75) is 58.6 Å². The van der Waals surface area contributed by atoms with E-state index in [2.05, 4.69) is 5.32 Å². The molecule has 8 heteroatoms. The molecule has 0 aliphatic heterocycles. The number of hydrogen-bond donors (Lipinski definition) is 1. The molecule has 0 saturated carbocycles. The summed E-state index contributed by atoms with van der Waals surface area (Å²) in [6.07, 6.45) is 2.60. The Hall–Kier alpha value is -3.29. The number of aryl methyl sites for hydroxylation is 1. The normalized spacial score (nSPS) is 11.1. The number of nitrogens with zero attached hydrogens (tertiary/aromatic N) is 2. The molecule has 180 valence electrons. The number of amides is 1. The molecule has 0 unspecified atom stereocenters. The quantitative estimate of drug-likeness (QED) is 0.273. The van der Waals surface area contributed by atoms with Crippen molar-refractivity contribution >= 4 is 17.5 Å². The average Bonchev–Trinajstić information content (AvgIpc) is 2.75. The van der Waals surface area contributed by atoms with Crippen molar-refractivity contribution in [3.05, 3.63) is 63.7 Å². The highest BCUT2D eigenvalue weighted by atomic mass is 16.6. The van der Waals surface area contributed by atoms with Gasteiger partial charge >= 0.3 is 6.09 Å². The number of unbranched alkanes of at least 4 members (excludes halogenated alkanes) is 2. The molecule has 0 aliphatic carbocycles. The van der Waals surface area contributed by atoms with Gasteiger partial charge in [-0.1, -0.05) is 30.7 Å². The van der Waals surface area contributed by atoms with Crippen molar-refractivity contribution < 1.29 is 19.2 Å². The van der Waals surface area contributed by atoms with Crippen LogP contribution in [0.15, 0.2) is 42.5 Å². The lowest BCUT2D eigenvalue weighted by Crippen LogP contribution is -2.32. The topological polar surface area (TPSA) is 93.9 Å². The molecule has 0 radical (unpaired) electrons. The molecule has 8 nitrogen and oxygen atoms in total. The second-order valence-corrected chi connectivity index (χ2v) is 8.99. The summed E-state index contributed by atoms with van der Waals surface area (Å²) in [6, 6.07) is 13.1. The Balaban J connectivity index is 1.93. The van der Waals surface area contributed by atoms with Crippen LogP contribution in [0.5, 0.6) is 5.75 Å². The van der Waals surface area contributed by atoms with Crippen molar-refractivity contribution in [3.63, 3.8) is 0 Å². The molecule has 0 aromatic heterocycles. The largest absolute Gasteiger partial charge is 0.497 e. The van der Waals surface area contributed by atoms with Crippen molar-refractivity contribution in [1.82, 2.24) is 5.32 Å². The fourth-order valence-electron chi connectivity index (χ4n) is 3.51. The minimum absolute atomic E-state index is 0.153. The molecule has 2 aromatic carbocycles. The highest BCUT2D eigenvalue weighted by Gasteiger charge is 2.22. The van der Waals surface area contributed by atoms with Gasteiger partial charge in [0.05, 0.1) is 12.0 Å². The second kappa shape index (κ2) is 12.1.